The number of alkyl halides is 3. The van der Waals surface area contributed by atoms with Crippen molar-refractivity contribution in [1.29, 1.82) is 0 Å². The number of rotatable bonds is 2. The van der Waals surface area contributed by atoms with Gasteiger partial charge >= 0.3 is 6.18 Å². The predicted octanol–water partition coefficient (Wildman–Crippen LogP) is 3.88. The Morgan fingerprint density at radius 3 is 2.76 bits per heavy atom. The maximum absolute atomic E-state index is 13.2. The number of benzene rings is 1. The molecular formula is C17H15F4N3O. The third-order valence-electron chi connectivity index (χ3n) is 3.95. The summed E-state index contributed by atoms with van der Waals surface area (Å²) in [6.07, 6.45) is -2.05. The van der Waals surface area contributed by atoms with Crippen molar-refractivity contribution >= 4 is 17.8 Å². The lowest BCUT2D eigenvalue weighted by Gasteiger charge is -2.33. The lowest BCUT2D eigenvalue weighted by molar-refractivity contribution is -0.172. The number of hydrogen-bond acceptors (Lipinski definition) is 2. The molecule has 1 aromatic carbocycles. The number of halogens is 4. The van der Waals surface area contributed by atoms with Gasteiger partial charge < -0.3 is 0 Å². The van der Waals surface area contributed by atoms with Gasteiger partial charge in [-0.15, -0.1) is 0 Å². The van der Waals surface area contributed by atoms with Crippen molar-refractivity contribution in [3.05, 3.63) is 53.5 Å². The molecule has 0 N–H and O–H groups in total. The Hall–Kier alpha value is -2.64. The van der Waals surface area contributed by atoms with Crippen molar-refractivity contribution in [1.82, 2.24) is 9.78 Å². The van der Waals surface area contributed by atoms with Gasteiger partial charge in [-0.1, -0.05) is 12.1 Å². The summed E-state index contributed by atoms with van der Waals surface area (Å²) in [6.45, 7) is 1.51. The zero-order chi connectivity index (χ0) is 18.2. The number of nitrogens with zero attached hydrogens (tertiary/aromatic N) is 3. The van der Waals surface area contributed by atoms with Crippen LogP contribution < -0.4 is 4.90 Å². The van der Waals surface area contributed by atoms with Gasteiger partial charge in [0.25, 0.3) is 5.91 Å². The maximum atomic E-state index is 13.2. The van der Waals surface area contributed by atoms with Gasteiger partial charge in [-0.2, -0.15) is 18.3 Å². The van der Waals surface area contributed by atoms with E-state index in [-0.39, 0.29) is 18.8 Å². The van der Waals surface area contributed by atoms with Crippen molar-refractivity contribution in [2.75, 3.05) is 11.4 Å². The van der Waals surface area contributed by atoms with Crippen molar-refractivity contribution in [2.24, 2.45) is 0 Å². The van der Waals surface area contributed by atoms with Gasteiger partial charge in [-0.3, -0.25) is 9.69 Å². The number of aromatic nitrogens is 2. The molecule has 25 heavy (non-hydrogen) atoms. The standard InChI is InChI=1S/C17H15F4N3O/c1-11-9-15-23(8-7-14(17(19,20)21)24(15)22-11)16(25)6-5-12-3-2-4-13(18)10-12/h2-6,9-10,14H,7-8H2,1H3. The van der Waals surface area contributed by atoms with Gasteiger partial charge in [0.15, 0.2) is 6.04 Å². The molecule has 1 unspecified atom stereocenters. The van der Waals surface area contributed by atoms with Crippen LogP contribution in [0.4, 0.5) is 23.4 Å². The van der Waals surface area contributed by atoms with E-state index in [0.717, 1.165) is 4.68 Å². The van der Waals surface area contributed by atoms with Crippen LogP contribution in [0.25, 0.3) is 6.08 Å². The SMILES string of the molecule is Cc1cc2n(n1)C(C(F)(F)F)CCN2C(=O)C=Cc1cccc(F)c1. The quantitative estimate of drug-likeness (QED) is 0.607. The van der Waals surface area contributed by atoms with E-state index in [1.165, 1.54) is 41.3 Å². The van der Waals surface area contributed by atoms with Crippen LogP contribution in [0.1, 0.15) is 23.7 Å². The number of amides is 1. The van der Waals surface area contributed by atoms with Crippen molar-refractivity contribution < 1.29 is 22.4 Å². The van der Waals surface area contributed by atoms with Crippen LogP contribution in [0.3, 0.4) is 0 Å². The third kappa shape index (κ3) is 3.57. The summed E-state index contributed by atoms with van der Waals surface area (Å²) in [5.41, 5.74) is 0.890. The van der Waals surface area contributed by atoms with Crippen LogP contribution in [-0.4, -0.2) is 28.4 Å². The highest BCUT2D eigenvalue weighted by Crippen LogP contribution is 2.39. The summed E-state index contributed by atoms with van der Waals surface area (Å²) < 4.78 is 53.5. The van der Waals surface area contributed by atoms with E-state index >= 15 is 0 Å². The second-order valence-electron chi connectivity index (χ2n) is 5.81. The molecule has 0 fully saturated rings. The summed E-state index contributed by atoms with van der Waals surface area (Å²) in [5, 5.41) is 3.89. The summed E-state index contributed by atoms with van der Waals surface area (Å²) in [5.74, 6) is -0.805. The van der Waals surface area contributed by atoms with Crippen LogP contribution in [0.5, 0.6) is 0 Å². The zero-order valence-electron chi connectivity index (χ0n) is 13.3. The van der Waals surface area contributed by atoms with E-state index in [4.69, 9.17) is 0 Å². The van der Waals surface area contributed by atoms with Crippen molar-refractivity contribution in [3.8, 4) is 0 Å². The first-order valence-corrected chi connectivity index (χ1v) is 7.64. The van der Waals surface area contributed by atoms with Gasteiger partial charge in [0.1, 0.15) is 11.6 Å². The molecule has 0 bridgehead atoms. The molecule has 0 saturated carbocycles. The van der Waals surface area contributed by atoms with Crippen molar-refractivity contribution in [3.63, 3.8) is 0 Å². The average Bonchev–Trinajstić information content (AvgIpc) is 2.91. The first kappa shape index (κ1) is 17.2. The van der Waals surface area contributed by atoms with Gasteiger partial charge in [0, 0.05) is 18.7 Å². The van der Waals surface area contributed by atoms with Crippen LogP contribution in [0.2, 0.25) is 0 Å². The minimum absolute atomic E-state index is 0.0678. The highest BCUT2D eigenvalue weighted by molar-refractivity contribution is 6.03. The molecular weight excluding hydrogens is 338 g/mol. The Balaban J connectivity index is 1.86. The molecule has 0 saturated heterocycles. The number of aryl methyl sites for hydroxylation is 1. The van der Waals surface area contributed by atoms with Gasteiger partial charge in [-0.25, -0.2) is 9.07 Å². The molecule has 2 heterocycles. The van der Waals surface area contributed by atoms with E-state index in [1.807, 2.05) is 0 Å². The van der Waals surface area contributed by atoms with E-state index in [1.54, 1.807) is 13.0 Å². The molecule has 1 atom stereocenters. The lowest BCUT2D eigenvalue weighted by atomic mass is 10.1. The molecule has 2 aromatic rings. The lowest BCUT2D eigenvalue weighted by Crippen LogP contribution is -2.42. The van der Waals surface area contributed by atoms with E-state index in [9.17, 15) is 22.4 Å². The summed E-state index contributed by atoms with van der Waals surface area (Å²) in [7, 11) is 0. The zero-order valence-corrected chi connectivity index (χ0v) is 13.3. The molecule has 8 heteroatoms. The molecule has 4 nitrogen and oxygen atoms in total. The molecule has 0 radical (unpaired) electrons. The Bertz CT molecular complexity index is 826. The van der Waals surface area contributed by atoms with E-state index in [0.29, 0.717) is 11.3 Å². The first-order chi connectivity index (χ1) is 11.8. The minimum atomic E-state index is -4.43. The number of anilines is 1. The Morgan fingerprint density at radius 1 is 1.32 bits per heavy atom. The molecule has 0 spiro atoms. The summed E-state index contributed by atoms with van der Waals surface area (Å²) in [4.78, 5) is 13.7. The van der Waals surface area contributed by atoms with Crippen LogP contribution in [0.15, 0.2) is 36.4 Å². The minimum Gasteiger partial charge on any atom is -0.293 e. The van der Waals surface area contributed by atoms with Gasteiger partial charge in [0.2, 0.25) is 0 Å². The second kappa shape index (κ2) is 6.34. The second-order valence-corrected chi connectivity index (χ2v) is 5.81. The van der Waals surface area contributed by atoms with E-state index in [2.05, 4.69) is 5.10 Å². The Labute approximate surface area is 141 Å². The number of carbonyl (C=O) groups excluding carboxylic acids is 1. The highest BCUT2D eigenvalue weighted by atomic mass is 19.4. The fraction of sp³-hybridized carbons (Fsp3) is 0.294. The van der Waals surface area contributed by atoms with Crippen LogP contribution in [0, 0.1) is 12.7 Å². The Kier molecular flexibility index (Phi) is 4.36. The van der Waals surface area contributed by atoms with Gasteiger partial charge in [-0.05, 0) is 37.1 Å². The normalized spacial score (nSPS) is 17.8. The van der Waals surface area contributed by atoms with Gasteiger partial charge in [0.05, 0.1) is 5.69 Å². The number of carbonyl (C=O) groups is 1. The predicted molar refractivity (Wildman–Crippen MR) is 84.5 cm³/mol. The smallest absolute Gasteiger partial charge is 0.293 e. The molecule has 132 valence electrons. The molecule has 1 aliphatic heterocycles. The largest absolute Gasteiger partial charge is 0.410 e. The number of fused-ring (bicyclic) bond motifs is 1. The fourth-order valence-corrected chi connectivity index (χ4v) is 2.82. The molecule has 0 aliphatic carbocycles. The highest BCUT2D eigenvalue weighted by Gasteiger charge is 2.45. The Morgan fingerprint density at radius 2 is 2.08 bits per heavy atom. The monoisotopic (exact) mass is 353 g/mol. The first-order valence-electron chi connectivity index (χ1n) is 7.64. The number of hydrogen-bond donors (Lipinski definition) is 0. The fourth-order valence-electron chi connectivity index (χ4n) is 2.82. The summed E-state index contributed by atoms with van der Waals surface area (Å²) in [6, 6.07) is 5.37. The van der Waals surface area contributed by atoms with Crippen LogP contribution in [-0.2, 0) is 4.79 Å². The molecule has 1 aromatic heterocycles. The maximum Gasteiger partial charge on any atom is 0.410 e. The molecule has 1 aliphatic rings. The topological polar surface area (TPSA) is 38.1 Å². The van der Waals surface area contributed by atoms with E-state index < -0.39 is 23.9 Å². The van der Waals surface area contributed by atoms with Crippen LogP contribution >= 0.6 is 0 Å². The summed E-state index contributed by atoms with van der Waals surface area (Å²) >= 11 is 0. The third-order valence-corrected chi connectivity index (χ3v) is 3.95. The molecule has 3 rings (SSSR count). The average molecular weight is 353 g/mol. The molecule has 1 amide bonds. The van der Waals surface area contributed by atoms with Crippen molar-refractivity contribution in [2.45, 2.75) is 25.6 Å².